The van der Waals surface area contributed by atoms with Gasteiger partial charge in [0.25, 0.3) is 0 Å². The van der Waals surface area contributed by atoms with Crippen molar-refractivity contribution in [3.63, 3.8) is 0 Å². The van der Waals surface area contributed by atoms with Crippen LogP contribution in [0.5, 0.6) is 0 Å². The van der Waals surface area contributed by atoms with Crippen molar-refractivity contribution in [3.05, 3.63) is 35.4 Å². The average molecular weight is 287 g/mol. The Hall–Kier alpha value is -1.53. The number of rotatable bonds is 7. The van der Waals surface area contributed by atoms with E-state index in [9.17, 15) is 18.7 Å². The second-order valence-corrected chi connectivity index (χ2v) is 5.11. The summed E-state index contributed by atoms with van der Waals surface area (Å²) in [5, 5.41) is 21.5. The number of aliphatic carboxylic acids is 1. The van der Waals surface area contributed by atoms with Gasteiger partial charge in [-0.15, -0.1) is 0 Å². The van der Waals surface area contributed by atoms with Crippen LogP contribution in [0.3, 0.4) is 0 Å². The van der Waals surface area contributed by atoms with Crippen LogP contribution in [0.4, 0.5) is 8.78 Å². The molecule has 0 saturated heterocycles. The highest BCUT2D eigenvalue weighted by atomic mass is 19.1. The van der Waals surface area contributed by atoms with E-state index in [0.29, 0.717) is 6.42 Å². The molecule has 112 valence electrons. The zero-order chi connectivity index (χ0) is 15.3. The summed E-state index contributed by atoms with van der Waals surface area (Å²) in [4.78, 5) is 11.0. The Labute approximate surface area is 116 Å². The number of aliphatic hydroxyl groups is 1. The van der Waals surface area contributed by atoms with E-state index in [1.54, 1.807) is 0 Å². The van der Waals surface area contributed by atoms with Crippen LogP contribution in [0, 0.1) is 17.6 Å². The molecule has 4 nitrogen and oxygen atoms in total. The van der Waals surface area contributed by atoms with E-state index in [-0.39, 0.29) is 18.0 Å². The fourth-order valence-corrected chi connectivity index (χ4v) is 1.88. The van der Waals surface area contributed by atoms with Crippen molar-refractivity contribution in [3.8, 4) is 0 Å². The molecule has 0 heterocycles. The first kappa shape index (κ1) is 16.5. The molecule has 6 heteroatoms. The van der Waals surface area contributed by atoms with E-state index in [4.69, 9.17) is 5.11 Å². The van der Waals surface area contributed by atoms with Crippen LogP contribution in [0.15, 0.2) is 18.2 Å². The summed E-state index contributed by atoms with van der Waals surface area (Å²) in [7, 11) is 0. The quantitative estimate of drug-likeness (QED) is 0.718. The van der Waals surface area contributed by atoms with Crippen LogP contribution in [-0.4, -0.2) is 28.8 Å². The fourth-order valence-electron chi connectivity index (χ4n) is 1.88. The minimum Gasteiger partial charge on any atom is -0.480 e. The lowest BCUT2D eigenvalue weighted by atomic mass is 10.0. The van der Waals surface area contributed by atoms with Crippen LogP contribution in [0.1, 0.15) is 31.9 Å². The van der Waals surface area contributed by atoms with E-state index in [0.717, 1.165) is 18.2 Å². The van der Waals surface area contributed by atoms with Crippen LogP contribution in [0.25, 0.3) is 0 Å². The van der Waals surface area contributed by atoms with Crippen molar-refractivity contribution in [1.82, 2.24) is 5.32 Å². The Kier molecular flexibility index (Phi) is 6.04. The topological polar surface area (TPSA) is 69.6 Å². The molecule has 1 rings (SSSR count). The SMILES string of the molecule is CC(C)CC(NCC(O)c1cc(F)ccc1F)C(=O)O. The standard InChI is InChI=1S/C14H19F2NO3/c1-8(2)5-12(14(19)20)17-7-13(18)10-6-9(15)3-4-11(10)16/h3-4,6,8,12-13,17-18H,5,7H2,1-2H3,(H,19,20). The van der Waals surface area contributed by atoms with Gasteiger partial charge in [0, 0.05) is 12.1 Å². The van der Waals surface area contributed by atoms with Crippen molar-refractivity contribution in [2.24, 2.45) is 5.92 Å². The highest BCUT2D eigenvalue weighted by Crippen LogP contribution is 2.18. The minimum absolute atomic E-state index is 0.159. The smallest absolute Gasteiger partial charge is 0.320 e. The summed E-state index contributed by atoms with van der Waals surface area (Å²) in [6.45, 7) is 3.59. The van der Waals surface area contributed by atoms with Gasteiger partial charge in [0.05, 0.1) is 6.10 Å². The van der Waals surface area contributed by atoms with E-state index in [1.807, 2.05) is 13.8 Å². The van der Waals surface area contributed by atoms with Crippen LogP contribution >= 0.6 is 0 Å². The second-order valence-electron chi connectivity index (χ2n) is 5.11. The van der Waals surface area contributed by atoms with Gasteiger partial charge >= 0.3 is 5.97 Å². The molecule has 0 aromatic heterocycles. The van der Waals surface area contributed by atoms with Gasteiger partial charge in [-0.2, -0.15) is 0 Å². The Bertz CT molecular complexity index is 466. The molecule has 1 aromatic carbocycles. The van der Waals surface area contributed by atoms with Gasteiger partial charge in [0.15, 0.2) is 0 Å². The summed E-state index contributed by atoms with van der Waals surface area (Å²) < 4.78 is 26.5. The van der Waals surface area contributed by atoms with Gasteiger partial charge in [-0.3, -0.25) is 4.79 Å². The zero-order valence-electron chi connectivity index (χ0n) is 11.4. The predicted octanol–water partition coefficient (Wildman–Crippen LogP) is 2.09. The molecule has 2 atom stereocenters. The molecule has 2 unspecified atom stereocenters. The number of hydrogen-bond donors (Lipinski definition) is 3. The molecule has 1 aromatic rings. The maximum atomic E-state index is 13.4. The number of carboxylic acids is 1. The number of halogens is 2. The maximum absolute atomic E-state index is 13.4. The Morgan fingerprint density at radius 2 is 2.00 bits per heavy atom. The van der Waals surface area contributed by atoms with Gasteiger partial charge in [-0.25, -0.2) is 8.78 Å². The lowest BCUT2D eigenvalue weighted by Gasteiger charge is -2.19. The number of carboxylic acid groups (broad SMARTS) is 1. The maximum Gasteiger partial charge on any atom is 0.320 e. The molecule has 0 aliphatic heterocycles. The second kappa shape index (κ2) is 7.31. The third-order valence-electron chi connectivity index (χ3n) is 2.88. The highest BCUT2D eigenvalue weighted by molar-refractivity contribution is 5.73. The van der Waals surface area contributed by atoms with E-state index < -0.39 is 29.7 Å². The van der Waals surface area contributed by atoms with Crippen LogP contribution < -0.4 is 5.32 Å². The molecule has 20 heavy (non-hydrogen) atoms. The lowest BCUT2D eigenvalue weighted by molar-refractivity contribution is -0.140. The number of hydrogen-bond acceptors (Lipinski definition) is 3. The first-order valence-electron chi connectivity index (χ1n) is 6.40. The molecule has 0 saturated carbocycles. The van der Waals surface area contributed by atoms with E-state index in [1.165, 1.54) is 0 Å². The molecule has 0 fully saturated rings. The molecule has 0 spiro atoms. The fraction of sp³-hybridized carbons (Fsp3) is 0.500. The first-order chi connectivity index (χ1) is 9.31. The van der Waals surface area contributed by atoms with Gasteiger partial charge in [-0.05, 0) is 30.5 Å². The Morgan fingerprint density at radius 1 is 1.35 bits per heavy atom. The number of carbonyl (C=O) groups is 1. The van der Waals surface area contributed by atoms with Gasteiger partial charge in [0.1, 0.15) is 17.7 Å². The summed E-state index contributed by atoms with van der Waals surface area (Å²) in [6.07, 6.45) is -0.923. The predicted molar refractivity (Wildman–Crippen MR) is 70.2 cm³/mol. The number of nitrogens with one attached hydrogen (secondary N) is 1. The van der Waals surface area contributed by atoms with Crippen molar-refractivity contribution < 1.29 is 23.8 Å². The third kappa shape index (κ3) is 4.86. The zero-order valence-corrected chi connectivity index (χ0v) is 11.4. The summed E-state index contributed by atoms with van der Waals surface area (Å²) in [5.74, 6) is -2.26. The largest absolute Gasteiger partial charge is 0.480 e. The summed E-state index contributed by atoms with van der Waals surface area (Å²) >= 11 is 0. The van der Waals surface area contributed by atoms with Crippen molar-refractivity contribution in [2.75, 3.05) is 6.54 Å². The van der Waals surface area contributed by atoms with E-state index >= 15 is 0 Å². The Morgan fingerprint density at radius 3 is 2.55 bits per heavy atom. The molecular formula is C14H19F2NO3. The monoisotopic (exact) mass is 287 g/mol. The molecule has 3 N–H and O–H groups in total. The van der Waals surface area contributed by atoms with Crippen LogP contribution in [-0.2, 0) is 4.79 Å². The van der Waals surface area contributed by atoms with Gasteiger partial charge in [0.2, 0.25) is 0 Å². The molecule has 0 amide bonds. The normalized spacial score (nSPS) is 14.3. The molecule has 0 bridgehead atoms. The lowest BCUT2D eigenvalue weighted by Crippen LogP contribution is -2.40. The molecule has 0 aliphatic rings. The summed E-state index contributed by atoms with van der Waals surface area (Å²) in [5.41, 5.74) is -0.189. The number of aliphatic hydroxyl groups excluding tert-OH is 1. The third-order valence-corrected chi connectivity index (χ3v) is 2.88. The number of benzene rings is 1. The van der Waals surface area contributed by atoms with Crippen LogP contribution in [0.2, 0.25) is 0 Å². The Balaban J connectivity index is 2.67. The average Bonchev–Trinajstić information content (AvgIpc) is 2.36. The van der Waals surface area contributed by atoms with E-state index in [2.05, 4.69) is 5.32 Å². The first-order valence-corrected chi connectivity index (χ1v) is 6.40. The van der Waals surface area contributed by atoms with Gasteiger partial charge < -0.3 is 15.5 Å². The highest BCUT2D eigenvalue weighted by Gasteiger charge is 2.21. The molecule has 0 radical (unpaired) electrons. The van der Waals surface area contributed by atoms with Crippen molar-refractivity contribution in [2.45, 2.75) is 32.4 Å². The molecule has 0 aliphatic carbocycles. The minimum atomic E-state index is -1.31. The van der Waals surface area contributed by atoms with Gasteiger partial charge in [-0.1, -0.05) is 13.8 Å². The van der Waals surface area contributed by atoms with Crippen molar-refractivity contribution in [1.29, 1.82) is 0 Å². The summed E-state index contributed by atoms with van der Waals surface area (Å²) in [6, 6.07) is 1.95. The molecular weight excluding hydrogens is 268 g/mol. The van der Waals surface area contributed by atoms with Crippen molar-refractivity contribution >= 4 is 5.97 Å².